The molecule has 1 atom stereocenters. The summed E-state index contributed by atoms with van der Waals surface area (Å²) < 4.78 is 1.68. The Labute approximate surface area is 158 Å². The van der Waals surface area contributed by atoms with Gasteiger partial charge in [0.1, 0.15) is 5.56 Å². The lowest BCUT2D eigenvalue weighted by Crippen LogP contribution is -2.36. The summed E-state index contributed by atoms with van der Waals surface area (Å²) >= 11 is 1.61. The predicted molar refractivity (Wildman–Crippen MR) is 107 cm³/mol. The smallest absolute Gasteiger partial charge is 0.263 e. The molecule has 0 saturated carbocycles. The van der Waals surface area contributed by atoms with Crippen LogP contribution in [-0.2, 0) is 6.54 Å². The predicted octanol–water partition coefficient (Wildman–Crippen LogP) is 3.13. The molecule has 138 valence electrons. The number of thioether (sulfide) groups is 1. The molecule has 5 nitrogen and oxygen atoms in total. The zero-order valence-corrected chi connectivity index (χ0v) is 16.1. The van der Waals surface area contributed by atoms with Crippen molar-refractivity contribution in [2.45, 2.75) is 31.2 Å². The molecule has 2 heterocycles. The molecule has 0 spiro atoms. The molecule has 3 rings (SSSR count). The Morgan fingerprint density at radius 2 is 2.23 bits per heavy atom. The number of piperidine rings is 1. The molecule has 1 unspecified atom stereocenters. The van der Waals surface area contributed by atoms with Crippen molar-refractivity contribution in [2.75, 3.05) is 24.7 Å². The molecule has 1 aliphatic rings. The van der Waals surface area contributed by atoms with Crippen LogP contribution < -0.4 is 16.2 Å². The zero-order chi connectivity index (χ0) is 18.5. The minimum absolute atomic E-state index is 0.214. The number of pyridine rings is 1. The minimum atomic E-state index is -0.345. The number of nitrogens with zero attached hydrogens (tertiary/aromatic N) is 1. The van der Waals surface area contributed by atoms with Crippen LogP contribution in [0.1, 0.15) is 28.8 Å². The maximum absolute atomic E-state index is 12.9. The number of hydrogen-bond acceptors (Lipinski definition) is 4. The third-order valence-corrected chi connectivity index (χ3v) is 5.51. The van der Waals surface area contributed by atoms with Gasteiger partial charge < -0.3 is 15.2 Å². The van der Waals surface area contributed by atoms with Crippen LogP contribution in [0.4, 0.5) is 5.69 Å². The number of aryl methyl sites for hydroxylation is 1. The number of amides is 1. The Balaban J connectivity index is 1.82. The van der Waals surface area contributed by atoms with Gasteiger partial charge in [-0.2, -0.15) is 0 Å². The van der Waals surface area contributed by atoms with Crippen LogP contribution in [-0.4, -0.2) is 29.8 Å². The first kappa shape index (κ1) is 18.7. The second-order valence-corrected chi connectivity index (χ2v) is 7.61. The maximum Gasteiger partial charge on any atom is 0.263 e. The van der Waals surface area contributed by atoms with Crippen LogP contribution in [0.2, 0.25) is 0 Å². The molecule has 2 aromatic rings. The first-order valence-electron chi connectivity index (χ1n) is 8.94. The van der Waals surface area contributed by atoms with E-state index in [9.17, 15) is 9.59 Å². The lowest BCUT2D eigenvalue weighted by atomic mass is 9.99. The number of benzene rings is 1. The van der Waals surface area contributed by atoms with Gasteiger partial charge in [-0.1, -0.05) is 6.07 Å². The van der Waals surface area contributed by atoms with E-state index < -0.39 is 0 Å². The summed E-state index contributed by atoms with van der Waals surface area (Å²) in [6.45, 7) is 4.42. The summed E-state index contributed by atoms with van der Waals surface area (Å²) in [5, 5.41) is 6.24. The second-order valence-electron chi connectivity index (χ2n) is 6.73. The summed E-state index contributed by atoms with van der Waals surface area (Å²) in [5.74, 6) is 0.0835. The molecule has 0 radical (unpaired) electrons. The number of carbonyl (C=O) groups is 1. The van der Waals surface area contributed by atoms with Gasteiger partial charge in [0, 0.05) is 23.3 Å². The fraction of sp³-hybridized carbons (Fsp3) is 0.400. The van der Waals surface area contributed by atoms with Gasteiger partial charge in [-0.05, 0) is 74.9 Å². The Kier molecular flexibility index (Phi) is 6.16. The lowest BCUT2D eigenvalue weighted by molar-refractivity contribution is 0.102. The molecule has 1 saturated heterocycles. The fourth-order valence-corrected chi connectivity index (χ4v) is 3.80. The molecule has 1 aliphatic heterocycles. The first-order chi connectivity index (χ1) is 12.6. The molecule has 6 heteroatoms. The van der Waals surface area contributed by atoms with Gasteiger partial charge in [0.2, 0.25) is 0 Å². The van der Waals surface area contributed by atoms with Crippen molar-refractivity contribution in [3.8, 4) is 0 Å². The van der Waals surface area contributed by atoms with E-state index in [2.05, 4.69) is 10.6 Å². The number of aromatic nitrogens is 1. The average Bonchev–Trinajstić information content (AvgIpc) is 2.65. The van der Waals surface area contributed by atoms with Crippen LogP contribution in [0.25, 0.3) is 0 Å². The van der Waals surface area contributed by atoms with E-state index in [0.29, 0.717) is 23.7 Å². The van der Waals surface area contributed by atoms with Gasteiger partial charge >= 0.3 is 0 Å². The highest BCUT2D eigenvalue weighted by atomic mass is 32.2. The third kappa shape index (κ3) is 4.37. The molecule has 1 aromatic heterocycles. The number of carbonyl (C=O) groups excluding carboxylic acids is 1. The lowest BCUT2D eigenvalue weighted by Gasteiger charge is -2.23. The van der Waals surface area contributed by atoms with Gasteiger partial charge in [0.05, 0.1) is 0 Å². The molecule has 1 aromatic carbocycles. The van der Waals surface area contributed by atoms with Crippen molar-refractivity contribution < 1.29 is 4.79 Å². The third-order valence-electron chi connectivity index (χ3n) is 4.78. The summed E-state index contributed by atoms with van der Waals surface area (Å²) in [7, 11) is 0. The van der Waals surface area contributed by atoms with Crippen LogP contribution in [0.15, 0.2) is 46.2 Å². The van der Waals surface area contributed by atoms with Crippen LogP contribution in [0.3, 0.4) is 0 Å². The number of hydrogen-bond donors (Lipinski definition) is 2. The van der Waals surface area contributed by atoms with Crippen molar-refractivity contribution in [3.05, 3.63) is 58.0 Å². The van der Waals surface area contributed by atoms with Crippen LogP contribution >= 0.6 is 11.8 Å². The second kappa shape index (κ2) is 8.56. The average molecular weight is 372 g/mol. The summed E-state index contributed by atoms with van der Waals surface area (Å²) in [6.07, 6.45) is 6.03. The molecule has 0 bridgehead atoms. The Hall–Kier alpha value is -2.05. The van der Waals surface area contributed by atoms with Crippen LogP contribution in [0, 0.1) is 12.8 Å². The number of rotatable bonds is 5. The van der Waals surface area contributed by atoms with Gasteiger partial charge in [-0.15, -0.1) is 11.8 Å². The molecule has 26 heavy (non-hydrogen) atoms. The van der Waals surface area contributed by atoms with E-state index in [1.54, 1.807) is 29.4 Å². The highest BCUT2D eigenvalue weighted by Crippen LogP contribution is 2.19. The van der Waals surface area contributed by atoms with E-state index >= 15 is 0 Å². The maximum atomic E-state index is 12.9. The topological polar surface area (TPSA) is 63.1 Å². The standard InChI is InChI=1S/C20H25N3O2S/c1-14-8-10-23(13-15-5-4-9-21-12-15)20(25)18(14)19(24)22-16-6-3-7-17(11-16)26-2/h3,6-8,10-11,15,21H,4-5,9,12-13H2,1-2H3,(H,22,24). The molecule has 2 N–H and O–H groups in total. The van der Waals surface area contributed by atoms with Crippen molar-refractivity contribution in [1.29, 1.82) is 0 Å². The molecule has 1 amide bonds. The van der Waals surface area contributed by atoms with E-state index in [1.807, 2.05) is 36.6 Å². The first-order valence-corrected chi connectivity index (χ1v) is 10.2. The zero-order valence-electron chi connectivity index (χ0n) is 15.2. The van der Waals surface area contributed by atoms with E-state index in [0.717, 1.165) is 30.8 Å². The summed E-state index contributed by atoms with van der Waals surface area (Å²) in [5.41, 5.74) is 1.42. The Bertz CT molecular complexity index is 841. The highest BCUT2D eigenvalue weighted by molar-refractivity contribution is 7.98. The van der Waals surface area contributed by atoms with Gasteiger partial charge in [-0.25, -0.2) is 0 Å². The Morgan fingerprint density at radius 1 is 1.38 bits per heavy atom. The molecular formula is C20H25N3O2S. The highest BCUT2D eigenvalue weighted by Gasteiger charge is 2.19. The quantitative estimate of drug-likeness (QED) is 0.793. The fourth-order valence-electron chi connectivity index (χ4n) is 3.34. The van der Waals surface area contributed by atoms with E-state index in [4.69, 9.17) is 0 Å². The molecule has 0 aliphatic carbocycles. The SMILES string of the molecule is CSc1cccc(NC(=O)c2c(C)ccn(CC3CCCNC3)c2=O)c1. The summed E-state index contributed by atoms with van der Waals surface area (Å²) in [6, 6.07) is 9.48. The minimum Gasteiger partial charge on any atom is -0.322 e. The van der Waals surface area contributed by atoms with Crippen molar-refractivity contribution in [3.63, 3.8) is 0 Å². The molecule has 1 fully saturated rings. The number of anilines is 1. The van der Waals surface area contributed by atoms with Gasteiger partial charge in [0.15, 0.2) is 0 Å². The van der Waals surface area contributed by atoms with Crippen molar-refractivity contribution in [2.24, 2.45) is 5.92 Å². The Morgan fingerprint density at radius 3 is 2.96 bits per heavy atom. The van der Waals surface area contributed by atoms with Crippen molar-refractivity contribution in [1.82, 2.24) is 9.88 Å². The molecular weight excluding hydrogens is 346 g/mol. The van der Waals surface area contributed by atoms with Crippen LogP contribution in [0.5, 0.6) is 0 Å². The normalized spacial score (nSPS) is 17.1. The van der Waals surface area contributed by atoms with E-state index in [1.165, 1.54) is 0 Å². The summed E-state index contributed by atoms with van der Waals surface area (Å²) in [4.78, 5) is 26.7. The van der Waals surface area contributed by atoms with Gasteiger partial charge in [0.25, 0.3) is 11.5 Å². The van der Waals surface area contributed by atoms with Gasteiger partial charge in [-0.3, -0.25) is 9.59 Å². The number of nitrogens with one attached hydrogen (secondary N) is 2. The largest absolute Gasteiger partial charge is 0.322 e. The van der Waals surface area contributed by atoms with Crippen molar-refractivity contribution >= 4 is 23.4 Å². The van der Waals surface area contributed by atoms with E-state index in [-0.39, 0.29) is 17.0 Å². The monoisotopic (exact) mass is 371 g/mol.